The molecule has 4 aliphatic rings. The number of hydrogen-bond acceptors (Lipinski definition) is 8. The molecule has 1 unspecified atom stereocenters. The van der Waals surface area contributed by atoms with Crippen molar-refractivity contribution in [2.75, 3.05) is 0 Å². The van der Waals surface area contributed by atoms with Crippen molar-refractivity contribution in [2.45, 2.75) is 122 Å². The van der Waals surface area contributed by atoms with E-state index in [4.69, 9.17) is 0 Å². The second-order valence-electron chi connectivity index (χ2n) is 15.2. The van der Waals surface area contributed by atoms with Crippen molar-refractivity contribution in [2.24, 2.45) is 29.1 Å². The van der Waals surface area contributed by atoms with Crippen LogP contribution in [0, 0.1) is 29.1 Å². The third-order valence-corrected chi connectivity index (χ3v) is 10.3. The monoisotopic (exact) mass is 677 g/mol. The van der Waals surface area contributed by atoms with Crippen LogP contribution in [0.5, 0.6) is 0 Å². The van der Waals surface area contributed by atoms with E-state index in [-0.39, 0.29) is 35.4 Å². The zero-order chi connectivity index (χ0) is 35.3. The number of hydrogen-bond donors (Lipinski definition) is 5. The minimum atomic E-state index is -0.980. The lowest BCUT2D eigenvalue weighted by Gasteiger charge is -2.36. The first-order valence-corrected chi connectivity index (χ1v) is 17.9. The van der Waals surface area contributed by atoms with Gasteiger partial charge in [0.25, 0.3) is 11.8 Å². The number of carbonyl (C=O) groups is 6. The number of Topliss-reactive ketones (excluding diaryl/α,β-unsaturated/α-hetero) is 1. The molecule has 0 radical (unpaired) electrons. The normalized spacial score (nSPS) is 25.1. The van der Waals surface area contributed by atoms with Crippen molar-refractivity contribution in [3.8, 4) is 0 Å². The second kappa shape index (κ2) is 15.6. The van der Waals surface area contributed by atoms with Gasteiger partial charge < -0.3 is 26.6 Å². The highest BCUT2D eigenvalue weighted by atomic mass is 16.2. The summed E-state index contributed by atoms with van der Waals surface area (Å²) in [5.74, 6) is -4.09. The van der Waals surface area contributed by atoms with E-state index in [0.29, 0.717) is 19.3 Å². The van der Waals surface area contributed by atoms with Gasteiger partial charge in [0, 0.05) is 24.5 Å². The minimum Gasteiger partial charge on any atom is -0.350 e. The average molecular weight is 678 g/mol. The predicted molar refractivity (Wildman–Crippen MR) is 180 cm³/mol. The van der Waals surface area contributed by atoms with Gasteiger partial charge in [-0.15, -0.1) is 0 Å². The average Bonchev–Trinajstić information content (AvgIpc) is 3.66. The maximum Gasteiger partial charge on any atom is 0.289 e. The lowest BCUT2D eigenvalue weighted by atomic mass is 9.81. The van der Waals surface area contributed by atoms with Crippen LogP contribution in [-0.2, 0) is 24.0 Å². The Hall–Kier alpha value is -4.16. The number of carbonyl (C=O) groups excluding carboxylic acids is 6. The first kappa shape index (κ1) is 36.1. The Labute approximate surface area is 288 Å². The lowest BCUT2D eigenvalue weighted by Crippen LogP contribution is -2.62. The summed E-state index contributed by atoms with van der Waals surface area (Å²) in [7, 11) is 0. The first-order chi connectivity index (χ1) is 23.4. The van der Waals surface area contributed by atoms with Crippen LogP contribution in [0.3, 0.4) is 0 Å². The molecule has 1 aromatic rings. The van der Waals surface area contributed by atoms with Crippen LogP contribution < -0.4 is 26.6 Å². The number of allylic oxidation sites excluding steroid dienone is 1. The van der Waals surface area contributed by atoms with Crippen LogP contribution in [0.2, 0.25) is 0 Å². The number of nitrogens with one attached hydrogen (secondary N) is 5. The van der Waals surface area contributed by atoms with Crippen molar-refractivity contribution in [3.63, 3.8) is 0 Å². The summed E-state index contributed by atoms with van der Waals surface area (Å²) in [6.07, 6.45) is 16.0. The van der Waals surface area contributed by atoms with Gasteiger partial charge in [0.1, 0.15) is 17.8 Å². The molecule has 3 fully saturated rings. The van der Waals surface area contributed by atoms with Crippen molar-refractivity contribution in [3.05, 3.63) is 36.4 Å². The largest absolute Gasteiger partial charge is 0.350 e. The minimum absolute atomic E-state index is 0.0216. The molecule has 266 valence electrons. The topological polar surface area (TPSA) is 188 Å². The molecule has 0 saturated heterocycles. The van der Waals surface area contributed by atoms with Crippen LogP contribution in [0.4, 0.5) is 0 Å². The van der Waals surface area contributed by atoms with E-state index in [1.165, 1.54) is 18.6 Å². The zero-order valence-corrected chi connectivity index (χ0v) is 29.0. The molecule has 2 bridgehead atoms. The van der Waals surface area contributed by atoms with Crippen molar-refractivity contribution in [1.82, 2.24) is 36.6 Å². The number of fused-ring (bicyclic) bond motifs is 2. The predicted octanol–water partition coefficient (Wildman–Crippen LogP) is 2.13. The molecule has 7 atom stereocenters. The molecule has 5 N–H and O–H groups in total. The molecule has 1 aromatic heterocycles. The van der Waals surface area contributed by atoms with Crippen LogP contribution in [0.15, 0.2) is 30.7 Å². The van der Waals surface area contributed by atoms with Crippen molar-refractivity contribution in [1.29, 1.82) is 0 Å². The molecule has 3 saturated carbocycles. The number of ketones is 1. The molecule has 13 heteroatoms. The summed E-state index contributed by atoms with van der Waals surface area (Å²) in [6.45, 7) is 7.44. The molecule has 1 heterocycles. The van der Waals surface area contributed by atoms with Gasteiger partial charge in [-0.3, -0.25) is 33.8 Å². The van der Waals surface area contributed by atoms with Gasteiger partial charge in [-0.2, -0.15) is 0 Å². The van der Waals surface area contributed by atoms with E-state index in [2.05, 4.69) is 36.6 Å². The van der Waals surface area contributed by atoms with Crippen molar-refractivity contribution >= 4 is 35.3 Å². The molecular weight excluding hydrogens is 626 g/mol. The van der Waals surface area contributed by atoms with E-state index in [1.54, 1.807) is 0 Å². The van der Waals surface area contributed by atoms with Crippen LogP contribution >= 0.6 is 0 Å². The van der Waals surface area contributed by atoms with E-state index < -0.39 is 64.9 Å². The maximum absolute atomic E-state index is 14.1. The van der Waals surface area contributed by atoms with Gasteiger partial charge in [-0.05, 0) is 61.7 Å². The Morgan fingerprint density at radius 1 is 0.857 bits per heavy atom. The Morgan fingerprint density at radius 2 is 1.57 bits per heavy atom. The Balaban J connectivity index is 1.29. The van der Waals surface area contributed by atoms with Gasteiger partial charge in [-0.25, -0.2) is 4.98 Å². The third-order valence-electron chi connectivity index (χ3n) is 10.3. The summed E-state index contributed by atoms with van der Waals surface area (Å²) >= 11 is 0. The fourth-order valence-electron chi connectivity index (χ4n) is 7.50. The van der Waals surface area contributed by atoms with Gasteiger partial charge in [0.05, 0.1) is 18.2 Å². The smallest absolute Gasteiger partial charge is 0.289 e. The second-order valence-corrected chi connectivity index (χ2v) is 15.2. The quantitative estimate of drug-likeness (QED) is 0.146. The molecule has 0 aromatic carbocycles. The molecule has 5 amide bonds. The van der Waals surface area contributed by atoms with Crippen LogP contribution in [0.1, 0.15) is 102 Å². The Kier molecular flexibility index (Phi) is 11.5. The number of aromatic nitrogens is 2. The summed E-state index contributed by atoms with van der Waals surface area (Å²) in [5, 5.41) is 14.5. The summed E-state index contributed by atoms with van der Waals surface area (Å²) < 4.78 is 0. The number of amides is 5. The Morgan fingerprint density at radius 3 is 2.20 bits per heavy atom. The number of nitrogens with zero attached hydrogens (tertiary/aromatic N) is 2. The summed E-state index contributed by atoms with van der Waals surface area (Å²) in [6, 6.07) is -3.35. The Bertz CT molecular complexity index is 1430. The van der Waals surface area contributed by atoms with E-state index in [9.17, 15) is 28.8 Å². The maximum atomic E-state index is 14.1. The van der Waals surface area contributed by atoms with Gasteiger partial charge in [0.2, 0.25) is 23.5 Å². The highest BCUT2D eigenvalue weighted by Gasteiger charge is 2.50. The first-order valence-electron chi connectivity index (χ1n) is 17.9. The van der Waals surface area contributed by atoms with Crippen LogP contribution in [-0.4, -0.2) is 75.5 Å². The van der Waals surface area contributed by atoms with Crippen LogP contribution in [0.25, 0.3) is 0 Å². The van der Waals surface area contributed by atoms with E-state index >= 15 is 0 Å². The fourth-order valence-corrected chi connectivity index (χ4v) is 7.50. The summed E-state index contributed by atoms with van der Waals surface area (Å²) in [5.41, 5.74) is -0.619. The molecule has 5 rings (SSSR count). The SMILES string of the molecule is CCCC(NC(=O)[C@H]1[C@@H](NC(=O)[C@@H](NC(=O)[C@@H](NC(=O)c2cnccn2)C2CCCCC2)C(C)(C)C)[C@@H]2C=C[C@H]1C2)C(=O)C(=O)NC1CC1. The van der Waals surface area contributed by atoms with E-state index in [1.807, 2.05) is 39.8 Å². The molecule has 13 nitrogen and oxygen atoms in total. The number of rotatable bonds is 14. The molecule has 4 aliphatic carbocycles. The molecule has 0 aliphatic heterocycles. The van der Waals surface area contributed by atoms with Gasteiger partial charge in [-0.1, -0.05) is 65.5 Å². The van der Waals surface area contributed by atoms with Gasteiger partial charge in [0.15, 0.2) is 0 Å². The zero-order valence-electron chi connectivity index (χ0n) is 29.0. The summed E-state index contributed by atoms with van der Waals surface area (Å²) in [4.78, 5) is 88.6. The van der Waals surface area contributed by atoms with Crippen molar-refractivity contribution < 1.29 is 28.8 Å². The molecule has 49 heavy (non-hydrogen) atoms. The van der Waals surface area contributed by atoms with Gasteiger partial charge >= 0.3 is 0 Å². The molecule has 0 spiro atoms. The highest BCUT2D eigenvalue weighted by molar-refractivity contribution is 6.38. The standard InChI is InChI=1S/C36H51N7O6/c1-5-9-24(29(44)34(48)39-23-14-15-23)40-32(46)26-21-12-13-22(18-21)27(26)41-35(49)30(36(2,3)4)43-33(47)28(20-10-7-6-8-11-20)42-31(45)25-19-37-16-17-38-25/h12-13,16-17,19-24,26-28,30H,5-11,14-15,18H2,1-4H3,(H,39,48)(H,40,46)(H,41,49)(H,42,45)(H,43,47)/t21-,22+,24?,26+,27-,28-,30+/m0/s1. The molecular formula is C36H51N7O6. The fraction of sp³-hybridized carbons (Fsp3) is 0.667. The lowest BCUT2D eigenvalue weighted by molar-refractivity contribution is -0.141. The van der Waals surface area contributed by atoms with E-state index in [0.717, 1.165) is 44.9 Å². The highest BCUT2D eigenvalue weighted by Crippen LogP contribution is 2.44. The third kappa shape index (κ3) is 8.90.